The van der Waals surface area contributed by atoms with Crippen LogP contribution in [0.1, 0.15) is 0 Å². The average Bonchev–Trinajstić information content (AvgIpc) is 3.73. The average molecular weight is 610 g/mol. The van der Waals surface area contributed by atoms with Gasteiger partial charge in [0.25, 0.3) is 0 Å². The van der Waals surface area contributed by atoms with Crippen LogP contribution in [0, 0.1) is 0 Å². The summed E-state index contributed by atoms with van der Waals surface area (Å²) in [5, 5.41) is 14.6. The molecule has 0 radical (unpaired) electrons. The van der Waals surface area contributed by atoms with Gasteiger partial charge in [-0.3, -0.25) is 0 Å². The van der Waals surface area contributed by atoms with Crippen molar-refractivity contribution in [2.75, 3.05) is 0 Å². The standard InChI is InChI=1S/C46H27NO/c1-3-15-31-28(12-1)29-13-2-8-20-37(29)46-44(31)39-26-27(24-25-41(39)48-46)42-32-16-4-6-18-34(32)43(35-19-7-5-17-33(35)42)38-22-11-21-36-30-14-9-10-23-40(30)47-45(36)38/h1-26,47H. The van der Waals surface area contributed by atoms with Crippen LogP contribution in [0.2, 0.25) is 0 Å². The molecule has 11 aromatic rings. The first-order chi connectivity index (χ1) is 23.8. The molecule has 0 atom stereocenters. The molecule has 0 bridgehead atoms. The number of aromatic amines is 1. The molecule has 1 N–H and O–H groups in total. The molecule has 9 aromatic carbocycles. The summed E-state index contributed by atoms with van der Waals surface area (Å²) < 4.78 is 6.68. The molecular formula is C46H27NO. The third-order valence-electron chi connectivity index (χ3n) is 10.4. The summed E-state index contributed by atoms with van der Waals surface area (Å²) in [5.41, 5.74) is 9.10. The maximum absolute atomic E-state index is 6.68. The summed E-state index contributed by atoms with van der Waals surface area (Å²) in [6.45, 7) is 0. The number of benzene rings is 9. The van der Waals surface area contributed by atoms with Crippen molar-refractivity contribution in [3.63, 3.8) is 0 Å². The molecule has 0 fully saturated rings. The van der Waals surface area contributed by atoms with Gasteiger partial charge in [-0.15, -0.1) is 0 Å². The van der Waals surface area contributed by atoms with E-state index in [9.17, 15) is 0 Å². The van der Waals surface area contributed by atoms with Crippen LogP contribution in [0.5, 0.6) is 0 Å². The number of rotatable bonds is 2. The lowest BCUT2D eigenvalue weighted by atomic mass is 9.85. The van der Waals surface area contributed by atoms with Crippen LogP contribution in [-0.4, -0.2) is 4.98 Å². The van der Waals surface area contributed by atoms with Gasteiger partial charge in [0.1, 0.15) is 11.2 Å². The monoisotopic (exact) mass is 609 g/mol. The lowest BCUT2D eigenvalue weighted by Crippen LogP contribution is -1.91. The fourth-order valence-electron chi connectivity index (χ4n) is 8.37. The maximum Gasteiger partial charge on any atom is 0.143 e. The number of hydrogen-bond acceptors (Lipinski definition) is 1. The van der Waals surface area contributed by atoms with Crippen molar-refractivity contribution >= 4 is 86.8 Å². The van der Waals surface area contributed by atoms with Crippen LogP contribution < -0.4 is 0 Å². The molecule has 0 saturated heterocycles. The molecule has 0 unspecified atom stereocenters. The first kappa shape index (κ1) is 25.8. The van der Waals surface area contributed by atoms with E-state index in [1.807, 2.05) is 0 Å². The largest absolute Gasteiger partial charge is 0.455 e. The highest BCUT2D eigenvalue weighted by Crippen LogP contribution is 2.47. The summed E-state index contributed by atoms with van der Waals surface area (Å²) in [6, 6.07) is 57.2. The fraction of sp³-hybridized carbons (Fsp3) is 0. The predicted octanol–water partition coefficient (Wildman–Crippen LogP) is 13.2. The third-order valence-corrected chi connectivity index (χ3v) is 10.4. The quantitative estimate of drug-likeness (QED) is 0.153. The number of para-hydroxylation sites is 2. The summed E-state index contributed by atoms with van der Waals surface area (Å²) in [4.78, 5) is 3.77. The van der Waals surface area contributed by atoms with E-state index < -0.39 is 0 Å². The van der Waals surface area contributed by atoms with E-state index in [2.05, 4.69) is 163 Å². The number of hydrogen-bond donors (Lipinski definition) is 1. The molecule has 222 valence electrons. The number of fused-ring (bicyclic) bond motifs is 13. The molecular weight excluding hydrogens is 583 g/mol. The Morgan fingerprint density at radius 1 is 0.375 bits per heavy atom. The summed E-state index contributed by atoms with van der Waals surface area (Å²) in [5.74, 6) is 0. The Kier molecular flexibility index (Phi) is 5.14. The van der Waals surface area contributed by atoms with Gasteiger partial charge in [0.05, 0.1) is 5.52 Å². The highest BCUT2D eigenvalue weighted by Gasteiger charge is 2.21. The highest BCUT2D eigenvalue weighted by atomic mass is 16.3. The zero-order chi connectivity index (χ0) is 31.3. The van der Waals surface area contributed by atoms with Crippen LogP contribution in [0.25, 0.3) is 109 Å². The van der Waals surface area contributed by atoms with Crippen molar-refractivity contribution in [3.05, 3.63) is 158 Å². The van der Waals surface area contributed by atoms with Crippen molar-refractivity contribution in [1.29, 1.82) is 0 Å². The van der Waals surface area contributed by atoms with Crippen LogP contribution in [-0.2, 0) is 0 Å². The Balaban J connectivity index is 1.26. The third kappa shape index (κ3) is 3.41. The first-order valence-electron chi connectivity index (χ1n) is 16.5. The van der Waals surface area contributed by atoms with Crippen molar-refractivity contribution in [1.82, 2.24) is 4.98 Å². The minimum atomic E-state index is 0.908. The topological polar surface area (TPSA) is 28.9 Å². The van der Waals surface area contributed by atoms with Gasteiger partial charge in [0, 0.05) is 38.0 Å². The normalized spacial score (nSPS) is 12.2. The Bertz CT molecular complexity index is 3060. The lowest BCUT2D eigenvalue weighted by Gasteiger charge is -2.18. The van der Waals surface area contributed by atoms with Gasteiger partial charge < -0.3 is 9.40 Å². The van der Waals surface area contributed by atoms with Gasteiger partial charge in [0.15, 0.2) is 0 Å². The van der Waals surface area contributed by atoms with Gasteiger partial charge in [-0.25, -0.2) is 0 Å². The number of nitrogens with one attached hydrogen (secondary N) is 1. The Labute approximate surface area is 275 Å². The van der Waals surface area contributed by atoms with Gasteiger partial charge in [-0.2, -0.15) is 0 Å². The van der Waals surface area contributed by atoms with Crippen molar-refractivity contribution in [2.45, 2.75) is 0 Å². The minimum Gasteiger partial charge on any atom is -0.455 e. The summed E-state index contributed by atoms with van der Waals surface area (Å²) in [7, 11) is 0. The second kappa shape index (κ2) is 9.57. The van der Waals surface area contributed by atoms with Crippen molar-refractivity contribution < 1.29 is 4.42 Å². The number of aromatic nitrogens is 1. The first-order valence-corrected chi connectivity index (χ1v) is 16.5. The Hall–Kier alpha value is -6.38. The summed E-state index contributed by atoms with van der Waals surface area (Å²) >= 11 is 0. The molecule has 0 aliphatic carbocycles. The van der Waals surface area contributed by atoms with E-state index >= 15 is 0 Å². The van der Waals surface area contributed by atoms with Gasteiger partial charge in [-0.05, 0) is 72.6 Å². The molecule has 0 amide bonds. The molecule has 2 nitrogen and oxygen atoms in total. The predicted molar refractivity (Wildman–Crippen MR) is 204 cm³/mol. The lowest BCUT2D eigenvalue weighted by molar-refractivity contribution is 0.673. The van der Waals surface area contributed by atoms with Gasteiger partial charge in [-0.1, -0.05) is 140 Å². The van der Waals surface area contributed by atoms with Crippen molar-refractivity contribution in [3.8, 4) is 22.3 Å². The van der Waals surface area contributed by atoms with Crippen LogP contribution in [0.15, 0.2) is 162 Å². The van der Waals surface area contributed by atoms with E-state index in [1.165, 1.54) is 81.6 Å². The maximum atomic E-state index is 6.68. The smallest absolute Gasteiger partial charge is 0.143 e. The molecule has 2 aromatic heterocycles. The van der Waals surface area contributed by atoms with Crippen LogP contribution >= 0.6 is 0 Å². The molecule has 0 saturated carbocycles. The molecule has 11 rings (SSSR count). The highest BCUT2D eigenvalue weighted by molar-refractivity contribution is 6.31. The van der Waals surface area contributed by atoms with Gasteiger partial charge >= 0.3 is 0 Å². The SMILES string of the molecule is c1ccc2c(c1)[nH]c1c(-c3c4ccccc4c(-c4ccc5oc6c7ccccc7c7ccccc7c6c5c4)c4ccccc34)cccc12. The molecule has 2 heterocycles. The second-order valence-electron chi connectivity index (χ2n) is 12.8. The molecule has 48 heavy (non-hydrogen) atoms. The molecule has 2 heteroatoms. The zero-order valence-electron chi connectivity index (χ0n) is 25.9. The Morgan fingerprint density at radius 3 is 1.62 bits per heavy atom. The molecule has 0 aliphatic heterocycles. The van der Waals surface area contributed by atoms with E-state index in [0.29, 0.717) is 0 Å². The van der Waals surface area contributed by atoms with Gasteiger partial charge in [0.2, 0.25) is 0 Å². The number of H-pyrrole nitrogens is 1. The Morgan fingerprint density at radius 2 is 0.917 bits per heavy atom. The fourth-order valence-corrected chi connectivity index (χ4v) is 8.37. The van der Waals surface area contributed by atoms with E-state index in [4.69, 9.17) is 4.42 Å². The molecule has 0 aliphatic rings. The minimum absolute atomic E-state index is 0.908. The van der Waals surface area contributed by atoms with Crippen molar-refractivity contribution in [2.24, 2.45) is 0 Å². The van der Waals surface area contributed by atoms with Crippen LogP contribution in [0.4, 0.5) is 0 Å². The van der Waals surface area contributed by atoms with E-state index in [0.717, 1.165) is 27.5 Å². The molecule has 0 spiro atoms. The van der Waals surface area contributed by atoms with Crippen LogP contribution in [0.3, 0.4) is 0 Å². The second-order valence-corrected chi connectivity index (χ2v) is 12.8. The van der Waals surface area contributed by atoms with E-state index in [1.54, 1.807) is 0 Å². The zero-order valence-corrected chi connectivity index (χ0v) is 25.9. The number of furan rings is 1. The van der Waals surface area contributed by atoms with E-state index in [-0.39, 0.29) is 0 Å². The summed E-state index contributed by atoms with van der Waals surface area (Å²) in [6.07, 6.45) is 0.